The van der Waals surface area contributed by atoms with Gasteiger partial charge in [-0.15, -0.1) is 0 Å². The lowest BCUT2D eigenvalue weighted by atomic mass is 9.86. The zero-order chi connectivity index (χ0) is 40.5. The highest BCUT2D eigenvalue weighted by Gasteiger charge is 2.17. The highest BCUT2D eigenvalue weighted by molar-refractivity contribution is 6.09. The Balaban J connectivity index is 0.877. The Hall–Kier alpha value is -7.48. The van der Waals surface area contributed by atoms with E-state index in [2.05, 4.69) is 235 Å². The molecule has 0 aliphatic carbocycles. The molecule has 0 aliphatic rings. The van der Waals surface area contributed by atoms with Gasteiger partial charge in [-0.25, -0.2) is 0 Å². The molecule has 11 aromatic rings. The van der Waals surface area contributed by atoms with Crippen LogP contribution >= 0.6 is 0 Å². The Bertz CT molecular complexity index is 3300. The average molecular weight is 780 g/mol. The topological polar surface area (TPSA) is 4.93 Å². The molecule has 0 fully saturated rings. The lowest BCUT2D eigenvalue weighted by Crippen LogP contribution is -2.06. The predicted molar refractivity (Wildman–Crippen MR) is 260 cm³/mol. The molecule has 0 spiro atoms. The van der Waals surface area contributed by atoms with E-state index in [1.54, 1.807) is 0 Å². The monoisotopic (exact) mass is 779 g/mol. The first kappa shape index (κ1) is 36.6. The van der Waals surface area contributed by atoms with Crippen molar-refractivity contribution in [3.8, 4) is 39.1 Å². The second-order valence-corrected chi connectivity index (χ2v) is 16.5. The van der Waals surface area contributed by atoms with Gasteiger partial charge in [-0.05, 0) is 139 Å². The van der Waals surface area contributed by atoms with Gasteiger partial charge in [0.15, 0.2) is 0 Å². The van der Waals surface area contributed by atoms with Crippen molar-refractivity contribution in [1.82, 2.24) is 4.57 Å². The Labute approximate surface area is 357 Å². The van der Waals surface area contributed by atoms with Crippen LogP contribution < -0.4 is 0 Å². The first-order valence-corrected chi connectivity index (χ1v) is 21.6. The van der Waals surface area contributed by atoms with Crippen molar-refractivity contribution < 1.29 is 0 Å². The second-order valence-electron chi connectivity index (χ2n) is 16.5. The molecule has 0 amide bonds. The van der Waals surface area contributed by atoms with Crippen LogP contribution in [0.5, 0.6) is 0 Å². The number of benzene rings is 10. The largest absolute Gasteiger partial charge is 0.309 e. The van der Waals surface area contributed by atoms with Gasteiger partial charge < -0.3 is 4.57 Å². The van der Waals surface area contributed by atoms with Gasteiger partial charge in [0.05, 0.1) is 11.0 Å². The van der Waals surface area contributed by atoms with Crippen LogP contribution in [-0.4, -0.2) is 4.57 Å². The van der Waals surface area contributed by atoms with Gasteiger partial charge in [-0.1, -0.05) is 188 Å². The van der Waals surface area contributed by atoms with Crippen LogP contribution in [0.4, 0.5) is 0 Å². The van der Waals surface area contributed by atoms with E-state index in [4.69, 9.17) is 0 Å². The minimum atomic E-state index is 0.355. The first-order valence-electron chi connectivity index (χ1n) is 21.6. The summed E-state index contributed by atoms with van der Waals surface area (Å²) in [6.07, 6.45) is 3.02. The van der Waals surface area contributed by atoms with E-state index in [9.17, 15) is 0 Å². The van der Waals surface area contributed by atoms with Gasteiger partial charge in [0, 0.05) is 16.5 Å². The summed E-state index contributed by atoms with van der Waals surface area (Å²) in [5.41, 5.74) is 15.3. The van der Waals surface area contributed by atoms with Crippen molar-refractivity contribution in [2.24, 2.45) is 0 Å². The summed E-state index contributed by atoms with van der Waals surface area (Å²) in [6.45, 7) is 0. The smallest absolute Gasteiger partial charge is 0.0543 e. The maximum absolute atomic E-state index is 2.44. The van der Waals surface area contributed by atoms with Crippen LogP contribution in [0.25, 0.3) is 82.4 Å². The van der Waals surface area contributed by atoms with Crippen molar-refractivity contribution >= 4 is 43.4 Å². The maximum atomic E-state index is 2.44. The molecule has 0 radical (unpaired) electrons. The number of aryl methyl sites for hydroxylation is 1. The van der Waals surface area contributed by atoms with Crippen molar-refractivity contribution in [3.05, 3.63) is 247 Å². The molecule has 1 heteroatoms. The summed E-state index contributed by atoms with van der Waals surface area (Å²) < 4.78 is 2.43. The van der Waals surface area contributed by atoms with Gasteiger partial charge in [-0.3, -0.25) is 0 Å². The summed E-state index contributed by atoms with van der Waals surface area (Å²) in [6, 6.07) is 85.1. The van der Waals surface area contributed by atoms with E-state index in [1.165, 1.54) is 99.1 Å². The number of rotatable bonds is 10. The Morgan fingerprint density at radius 1 is 0.328 bits per heavy atom. The van der Waals surface area contributed by atoms with Crippen LogP contribution in [-0.2, 0) is 12.8 Å². The number of hydrogen-bond acceptors (Lipinski definition) is 0. The fraction of sp³-hybridized carbons (Fsp3) is 0.0667. The van der Waals surface area contributed by atoms with Gasteiger partial charge in [0.2, 0.25) is 0 Å². The first-order chi connectivity index (χ1) is 30.2. The molecule has 0 aliphatic heterocycles. The molecule has 10 aromatic carbocycles. The van der Waals surface area contributed by atoms with Crippen molar-refractivity contribution in [2.75, 3.05) is 0 Å². The quantitative estimate of drug-likeness (QED) is 0.130. The fourth-order valence-electron chi connectivity index (χ4n) is 9.43. The lowest BCUT2D eigenvalue weighted by molar-refractivity contribution is 0.621. The fourth-order valence-corrected chi connectivity index (χ4v) is 9.43. The molecule has 0 bridgehead atoms. The van der Waals surface area contributed by atoms with Gasteiger partial charge in [-0.2, -0.15) is 0 Å². The number of aromatic nitrogens is 1. The minimum absolute atomic E-state index is 0.355. The molecule has 0 saturated heterocycles. The van der Waals surface area contributed by atoms with Crippen LogP contribution in [0.3, 0.4) is 0 Å². The minimum Gasteiger partial charge on any atom is -0.309 e. The average Bonchev–Trinajstić information content (AvgIpc) is 3.66. The van der Waals surface area contributed by atoms with Crippen molar-refractivity contribution in [3.63, 3.8) is 0 Å². The third-order valence-corrected chi connectivity index (χ3v) is 12.7. The Kier molecular flexibility index (Phi) is 9.56. The molecular formula is C60H45N. The van der Waals surface area contributed by atoms with E-state index in [-0.39, 0.29) is 0 Å². The van der Waals surface area contributed by atoms with E-state index < -0.39 is 0 Å². The normalized spacial score (nSPS) is 12.1. The number of para-hydroxylation sites is 2. The van der Waals surface area contributed by atoms with Crippen molar-refractivity contribution in [1.29, 1.82) is 0 Å². The predicted octanol–water partition coefficient (Wildman–Crippen LogP) is 16.1. The van der Waals surface area contributed by atoms with E-state index in [0.717, 1.165) is 19.3 Å². The Morgan fingerprint density at radius 3 is 1.57 bits per heavy atom. The molecule has 1 atom stereocenters. The number of hydrogen-bond donors (Lipinski definition) is 0. The molecule has 1 unspecified atom stereocenters. The highest BCUT2D eigenvalue weighted by atomic mass is 15.0. The van der Waals surface area contributed by atoms with Gasteiger partial charge >= 0.3 is 0 Å². The van der Waals surface area contributed by atoms with Crippen molar-refractivity contribution in [2.45, 2.75) is 25.2 Å². The van der Waals surface area contributed by atoms with Gasteiger partial charge in [0.1, 0.15) is 0 Å². The van der Waals surface area contributed by atoms with Crippen LogP contribution in [0.1, 0.15) is 29.0 Å². The molecule has 61 heavy (non-hydrogen) atoms. The van der Waals surface area contributed by atoms with Crippen LogP contribution in [0.15, 0.2) is 231 Å². The van der Waals surface area contributed by atoms with Gasteiger partial charge in [0.25, 0.3) is 0 Å². The molecule has 1 aromatic heterocycles. The van der Waals surface area contributed by atoms with E-state index in [0.29, 0.717) is 5.92 Å². The second kappa shape index (κ2) is 15.9. The number of nitrogens with zero attached hydrogens (tertiary/aromatic N) is 1. The highest BCUT2D eigenvalue weighted by Crippen LogP contribution is 2.36. The summed E-state index contributed by atoms with van der Waals surface area (Å²) >= 11 is 0. The van der Waals surface area contributed by atoms with Crippen LogP contribution in [0, 0.1) is 0 Å². The summed E-state index contributed by atoms with van der Waals surface area (Å²) in [4.78, 5) is 0. The SMILES string of the molecule is c1ccc(-c2ccc(C(CCc3ccc(-c4ccc5ccc(-c6ccc7ccccc7c6)cc5c4)cc3)Cc3ccc4c5ccccc5n(-c5ccccc5)c4c3)cc2)cc1. The lowest BCUT2D eigenvalue weighted by Gasteiger charge is -2.19. The summed E-state index contributed by atoms with van der Waals surface area (Å²) in [5.74, 6) is 0.355. The maximum Gasteiger partial charge on any atom is 0.0543 e. The summed E-state index contributed by atoms with van der Waals surface area (Å²) in [5, 5.41) is 7.64. The third kappa shape index (κ3) is 7.30. The van der Waals surface area contributed by atoms with E-state index >= 15 is 0 Å². The molecule has 290 valence electrons. The molecule has 1 heterocycles. The van der Waals surface area contributed by atoms with Crippen LogP contribution in [0.2, 0.25) is 0 Å². The molecule has 1 nitrogen and oxygen atoms in total. The number of fused-ring (bicyclic) bond motifs is 5. The molecule has 0 saturated carbocycles. The Morgan fingerprint density at radius 2 is 0.836 bits per heavy atom. The summed E-state index contributed by atoms with van der Waals surface area (Å²) in [7, 11) is 0. The molecule has 0 N–H and O–H groups in total. The molecular weight excluding hydrogens is 735 g/mol. The third-order valence-electron chi connectivity index (χ3n) is 12.7. The van der Waals surface area contributed by atoms with E-state index in [1.807, 2.05) is 0 Å². The zero-order valence-corrected chi connectivity index (χ0v) is 34.1. The molecule has 11 rings (SSSR count). The zero-order valence-electron chi connectivity index (χ0n) is 34.1. The standard InChI is InChI=1S/C60H45N/c1-3-11-44(12-4-1)46-26-28-48(29-27-46)51(37-43-22-36-58-57-17-9-10-18-59(57)61(60(58)38-43)56-15-5-2-6-16-56)25-21-42-19-23-47(24-20-42)52-33-31-49-32-35-54(41-55(49)40-52)53-34-30-45-13-7-8-14-50(45)39-53/h1-20,22-24,26-36,38-41,51H,21,25,37H2.